The van der Waals surface area contributed by atoms with E-state index in [0.717, 1.165) is 11.9 Å². The van der Waals surface area contributed by atoms with Crippen LogP contribution in [0.1, 0.15) is 57.1 Å². The van der Waals surface area contributed by atoms with E-state index in [-0.39, 0.29) is 0 Å². The number of benzene rings is 1. The maximum atomic E-state index is 4.76. The molecule has 0 amide bonds. The largest absolute Gasteiger partial charge is 0.303 e. The molecule has 1 aliphatic heterocycles. The maximum Gasteiger partial charge on any atom is 0.0705 e. The number of fused-ring (bicyclic) bond motifs is 1. The molecule has 3 rings (SSSR count). The molecule has 0 aliphatic carbocycles. The number of hydrogen-bond acceptors (Lipinski definition) is 2. The topological polar surface area (TPSA) is 16.1 Å². The standard InChI is InChI=1S/C21H30N2/c1(3-8-16-23-17-9-4-10-18-23)2-5-12-20-15-14-19-11-6-7-13-21(19)22-20/h6-7,11,13-15H,1-5,8-10,12,16-18H2. The molecule has 0 spiro atoms. The van der Waals surface area contributed by atoms with Gasteiger partial charge in [0.2, 0.25) is 0 Å². The van der Waals surface area contributed by atoms with Crippen LogP contribution in [-0.4, -0.2) is 29.5 Å². The Morgan fingerprint density at radius 3 is 2.48 bits per heavy atom. The van der Waals surface area contributed by atoms with Crippen molar-refractivity contribution in [1.82, 2.24) is 9.88 Å². The molecular formula is C21H30N2. The van der Waals surface area contributed by atoms with Crippen molar-refractivity contribution in [2.45, 2.75) is 57.8 Å². The van der Waals surface area contributed by atoms with Gasteiger partial charge in [0.05, 0.1) is 5.52 Å². The van der Waals surface area contributed by atoms with Crippen LogP contribution in [0.2, 0.25) is 0 Å². The summed E-state index contributed by atoms with van der Waals surface area (Å²) in [6.07, 6.45) is 12.2. The van der Waals surface area contributed by atoms with Crippen molar-refractivity contribution in [2.75, 3.05) is 19.6 Å². The molecule has 2 heteroatoms. The van der Waals surface area contributed by atoms with Gasteiger partial charge in [0.1, 0.15) is 0 Å². The van der Waals surface area contributed by atoms with Gasteiger partial charge in [0.15, 0.2) is 0 Å². The number of hydrogen-bond donors (Lipinski definition) is 0. The second-order valence-electron chi connectivity index (χ2n) is 6.92. The lowest BCUT2D eigenvalue weighted by Gasteiger charge is -2.26. The predicted octanol–water partition coefficient (Wildman–Crippen LogP) is 5.21. The average molecular weight is 310 g/mol. The predicted molar refractivity (Wildman–Crippen MR) is 98.8 cm³/mol. The Labute approximate surface area is 140 Å². The van der Waals surface area contributed by atoms with Gasteiger partial charge in [0, 0.05) is 11.1 Å². The molecule has 1 saturated heterocycles. The number of pyridine rings is 1. The quantitative estimate of drug-likeness (QED) is 0.622. The van der Waals surface area contributed by atoms with Crippen LogP contribution in [0, 0.1) is 0 Å². The van der Waals surface area contributed by atoms with Crippen LogP contribution in [0.25, 0.3) is 10.9 Å². The molecule has 2 heterocycles. The van der Waals surface area contributed by atoms with Crippen molar-refractivity contribution in [3.8, 4) is 0 Å². The van der Waals surface area contributed by atoms with Crippen molar-refractivity contribution >= 4 is 10.9 Å². The van der Waals surface area contributed by atoms with Crippen LogP contribution in [0.4, 0.5) is 0 Å². The van der Waals surface area contributed by atoms with Crippen LogP contribution in [-0.2, 0) is 6.42 Å². The Kier molecular flexibility index (Phi) is 6.45. The summed E-state index contributed by atoms with van der Waals surface area (Å²) in [6.45, 7) is 4.01. The number of para-hydroxylation sites is 1. The number of aromatic nitrogens is 1. The fourth-order valence-corrected chi connectivity index (χ4v) is 3.60. The van der Waals surface area contributed by atoms with Gasteiger partial charge in [-0.15, -0.1) is 0 Å². The summed E-state index contributed by atoms with van der Waals surface area (Å²) in [4.78, 5) is 7.42. The van der Waals surface area contributed by atoms with Crippen LogP contribution in [0.3, 0.4) is 0 Å². The second kappa shape index (κ2) is 9.02. The molecule has 1 aliphatic rings. The normalized spacial score (nSPS) is 16.0. The number of unbranched alkanes of at least 4 members (excludes halogenated alkanes) is 4. The molecule has 0 N–H and O–H groups in total. The van der Waals surface area contributed by atoms with Crippen molar-refractivity contribution in [1.29, 1.82) is 0 Å². The molecule has 23 heavy (non-hydrogen) atoms. The lowest BCUT2D eigenvalue weighted by Crippen LogP contribution is -2.30. The summed E-state index contributed by atoms with van der Waals surface area (Å²) < 4.78 is 0. The zero-order chi connectivity index (χ0) is 15.7. The van der Waals surface area contributed by atoms with E-state index in [9.17, 15) is 0 Å². The van der Waals surface area contributed by atoms with Gasteiger partial charge in [-0.3, -0.25) is 4.98 Å². The van der Waals surface area contributed by atoms with E-state index in [1.807, 2.05) is 0 Å². The van der Waals surface area contributed by atoms with Gasteiger partial charge in [-0.1, -0.05) is 49.9 Å². The number of nitrogens with zero attached hydrogens (tertiary/aromatic N) is 2. The van der Waals surface area contributed by atoms with E-state index in [1.54, 1.807) is 0 Å². The third kappa shape index (κ3) is 5.31. The molecule has 0 atom stereocenters. The van der Waals surface area contributed by atoms with Crippen molar-refractivity contribution in [3.63, 3.8) is 0 Å². The Morgan fingerprint density at radius 1 is 0.783 bits per heavy atom. The van der Waals surface area contributed by atoms with Crippen molar-refractivity contribution < 1.29 is 0 Å². The maximum absolute atomic E-state index is 4.76. The highest BCUT2D eigenvalue weighted by Crippen LogP contribution is 2.15. The van der Waals surface area contributed by atoms with Crippen molar-refractivity contribution in [3.05, 3.63) is 42.1 Å². The number of rotatable bonds is 8. The van der Waals surface area contributed by atoms with Gasteiger partial charge >= 0.3 is 0 Å². The Balaban J connectivity index is 1.28. The molecule has 0 unspecified atom stereocenters. The Bertz CT molecular complexity index is 587. The van der Waals surface area contributed by atoms with E-state index in [0.29, 0.717) is 0 Å². The summed E-state index contributed by atoms with van der Waals surface area (Å²) in [7, 11) is 0. The van der Waals surface area contributed by atoms with Gasteiger partial charge in [-0.2, -0.15) is 0 Å². The average Bonchev–Trinajstić information content (AvgIpc) is 2.61. The lowest BCUT2D eigenvalue weighted by atomic mass is 10.1. The first-order valence-corrected chi connectivity index (χ1v) is 9.49. The van der Waals surface area contributed by atoms with Gasteiger partial charge in [-0.05, 0) is 63.9 Å². The zero-order valence-corrected chi connectivity index (χ0v) is 14.3. The SMILES string of the molecule is c1ccc2nc(CCCCCCCN3CCCCC3)ccc2c1. The summed E-state index contributed by atoms with van der Waals surface area (Å²) in [5, 5.41) is 1.24. The lowest BCUT2D eigenvalue weighted by molar-refractivity contribution is 0.224. The summed E-state index contributed by atoms with van der Waals surface area (Å²) in [5.41, 5.74) is 2.38. The molecule has 0 radical (unpaired) electrons. The fourth-order valence-electron chi connectivity index (χ4n) is 3.60. The van der Waals surface area contributed by atoms with Crippen LogP contribution in [0.15, 0.2) is 36.4 Å². The van der Waals surface area contributed by atoms with Crippen LogP contribution < -0.4 is 0 Å². The van der Waals surface area contributed by atoms with Gasteiger partial charge in [0.25, 0.3) is 0 Å². The third-order valence-electron chi connectivity index (χ3n) is 5.01. The highest BCUT2D eigenvalue weighted by atomic mass is 15.1. The van der Waals surface area contributed by atoms with Gasteiger partial charge < -0.3 is 4.90 Å². The minimum absolute atomic E-state index is 1.12. The molecular weight excluding hydrogens is 280 g/mol. The first-order valence-electron chi connectivity index (χ1n) is 9.49. The number of aryl methyl sites for hydroxylation is 1. The first-order chi connectivity index (χ1) is 11.4. The molecule has 2 nitrogen and oxygen atoms in total. The van der Waals surface area contributed by atoms with E-state index < -0.39 is 0 Å². The monoisotopic (exact) mass is 310 g/mol. The molecule has 0 bridgehead atoms. The van der Waals surface area contributed by atoms with Crippen LogP contribution in [0.5, 0.6) is 0 Å². The smallest absolute Gasteiger partial charge is 0.0705 e. The molecule has 1 fully saturated rings. The molecule has 0 saturated carbocycles. The van der Waals surface area contributed by atoms with E-state index in [1.165, 1.54) is 82.1 Å². The van der Waals surface area contributed by atoms with E-state index in [2.05, 4.69) is 41.3 Å². The van der Waals surface area contributed by atoms with E-state index in [4.69, 9.17) is 4.98 Å². The summed E-state index contributed by atoms with van der Waals surface area (Å²) in [6, 6.07) is 12.8. The van der Waals surface area contributed by atoms with E-state index >= 15 is 0 Å². The minimum Gasteiger partial charge on any atom is -0.303 e. The number of piperidine rings is 1. The molecule has 124 valence electrons. The Hall–Kier alpha value is -1.41. The highest BCUT2D eigenvalue weighted by molar-refractivity contribution is 5.78. The van der Waals surface area contributed by atoms with Crippen LogP contribution >= 0.6 is 0 Å². The van der Waals surface area contributed by atoms with Crippen molar-refractivity contribution in [2.24, 2.45) is 0 Å². The summed E-state index contributed by atoms with van der Waals surface area (Å²) >= 11 is 0. The van der Waals surface area contributed by atoms with Gasteiger partial charge in [-0.25, -0.2) is 0 Å². The Morgan fingerprint density at radius 2 is 1.57 bits per heavy atom. The zero-order valence-electron chi connectivity index (χ0n) is 14.3. The first kappa shape index (κ1) is 16.4. The summed E-state index contributed by atoms with van der Waals surface area (Å²) in [5.74, 6) is 0. The highest BCUT2D eigenvalue weighted by Gasteiger charge is 2.08. The number of likely N-dealkylation sites (tertiary alicyclic amines) is 1. The second-order valence-corrected chi connectivity index (χ2v) is 6.92. The molecule has 1 aromatic heterocycles. The minimum atomic E-state index is 1.12. The molecule has 1 aromatic carbocycles. The third-order valence-corrected chi connectivity index (χ3v) is 5.01. The molecule has 2 aromatic rings. The fraction of sp³-hybridized carbons (Fsp3) is 0.571.